The standard InChI is InChI=1S/C57H42N6/c1-57(2)49-31-29-43(41-25-15-27-45(33-41)55-60-51(37-17-7-3-8-18-37)58-52(61-55)38-19-9-4-10-20-38)35-47(49)48-36-44(30-32-50(48)57)42-26-16-28-46(34-42)56-62-53(39-21-11-5-12-22-39)59-54(63-56)40-23-13-6-14-24-40/h3-36,51H,1-2H3,(H,58,60,61). The largest absolute Gasteiger partial charge is 0.344 e. The van der Waals surface area contributed by atoms with E-state index < -0.39 is 0 Å². The molecule has 2 heterocycles. The van der Waals surface area contributed by atoms with Crippen LogP contribution >= 0.6 is 0 Å². The average molecular weight is 811 g/mol. The van der Waals surface area contributed by atoms with Crippen LogP contribution in [0.2, 0.25) is 0 Å². The summed E-state index contributed by atoms with van der Waals surface area (Å²) < 4.78 is 0. The molecular weight excluding hydrogens is 769 g/mol. The summed E-state index contributed by atoms with van der Waals surface area (Å²) in [4.78, 5) is 25.2. The van der Waals surface area contributed by atoms with Gasteiger partial charge in [-0.05, 0) is 74.3 Å². The Balaban J connectivity index is 0.955. The Kier molecular flexibility index (Phi) is 9.46. The molecule has 0 radical (unpaired) electrons. The number of amidine groups is 2. The van der Waals surface area contributed by atoms with Gasteiger partial charge in [-0.25, -0.2) is 24.9 Å². The summed E-state index contributed by atoms with van der Waals surface area (Å²) in [6.45, 7) is 4.66. The molecule has 1 unspecified atom stereocenters. The third-order valence-corrected chi connectivity index (χ3v) is 12.2. The predicted octanol–water partition coefficient (Wildman–Crippen LogP) is 13.0. The van der Waals surface area contributed by atoms with E-state index in [-0.39, 0.29) is 11.6 Å². The van der Waals surface area contributed by atoms with E-state index in [4.69, 9.17) is 24.9 Å². The van der Waals surface area contributed by atoms with Crippen molar-refractivity contribution < 1.29 is 0 Å². The van der Waals surface area contributed by atoms with Crippen LogP contribution in [-0.2, 0) is 5.41 Å². The first-order valence-electron chi connectivity index (χ1n) is 21.4. The van der Waals surface area contributed by atoms with Crippen molar-refractivity contribution in [2.75, 3.05) is 0 Å². The van der Waals surface area contributed by atoms with Gasteiger partial charge in [-0.2, -0.15) is 0 Å². The van der Waals surface area contributed by atoms with Crippen molar-refractivity contribution in [1.82, 2.24) is 20.3 Å². The van der Waals surface area contributed by atoms with Crippen LogP contribution in [0, 0.1) is 0 Å². The number of hydrogen-bond acceptors (Lipinski definition) is 6. The Morgan fingerprint density at radius 2 is 0.794 bits per heavy atom. The molecule has 1 aliphatic carbocycles. The van der Waals surface area contributed by atoms with Crippen molar-refractivity contribution in [3.05, 3.63) is 234 Å². The highest BCUT2D eigenvalue weighted by Gasteiger charge is 2.36. The molecule has 1 atom stereocenters. The van der Waals surface area contributed by atoms with Crippen LogP contribution in [0.1, 0.15) is 47.8 Å². The molecule has 1 aliphatic heterocycles. The second-order valence-corrected chi connectivity index (χ2v) is 16.6. The zero-order chi connectivity index (χ0) is 42.3. The fraction of sp³-hybridized carbons (Fsp3) is 0.0702. The molecule has 0 saturated heterocycles. The maximum atomic E-state index is 5.15. The molecule has 6 heteroatoms. The van der Waals surface area contributed by atoms with Crippen LogP contribution in [0.5, 0.6) is 0 Å². The fourth-order valence-electron chi connectivity index (χ4n) is 8.87. The lowest BCUT2D eigenvalue weighted by molar-refractivity contribution is 0.660. The lowest BCUT2D eigenvalue weighted by Crippen LogP contribution is -2.33. The van der Waals surface area contributed by atoms with E-state index in [0.29, 0.717) is 23.3 Å². The number of fused-ring (bicyclic) bond motifs is 3. The Morgan fingerprint density at radius 3 is 1.33 bits per heavy atom. The summed E-state index contributed by atoms with van der Waals surface area (Å²) in [5, 5.41) is 3.58. The van der Waals surface area contributed by atoms with E-state index in [1.165, 1.54) is 22.3 Å². The van der Waals surface area contributed by atoms with Crippen molar-refractivity contribution in [3.63, 3.8) is 0 Å². The van der Waals surface area contributed by atoms with Crippen molar-refractivity contribution in [3.8, 4) is 67.5 Å². The molecule has 11 rings (SSSR count). The minimum Gasteiger partial charge on any atom is -0.344 e. The van der Waals surface area contributed by atoms with E-state index in [0.717, 1.165) is 61.5 Å². The summed E-state index contributed by atoms with van der Waals surface area (Å²) in [7, 11) is 0. The molecule has 0 amide bonds. The van der Waals surface area contributed by atoms with E-state index in [2.05, 4.69) is 140 Å². The van der Waals surface area contributed by atoms with Gasteiger partial charge in [0.1, 0.15) is 12.0 Å². The normalized spacial score (nSPS) is 14.8. The molecule has 63 heavy (non-hydrogen) atoms. The summed E-state index contributed by atoms with van der Waals surface area (Å²) in [6, 6.07) is 71.8. The van der Waals surface area contributed by atoms with E-state index in [1.807, 2.05) is 84.9 Å². The van der Waals surface area contributed by atoms with E-state index >= 15 is 0 Å². The smallest absolute Gasteiger partial charge is 0.164 e. The molecule has 0 bridgehead atoms. The van der Waals surface area contributed by atoms with Crippen molar-refractivity contribution >= 4 is 11.7 Å². The van der Waals surface area contributed by atoms with E-state index in [1.54, 1.807) is 0 Å². The Bertz CT molecular complexity index is 3160. The van der Waals surface area contributed by atoms with Crippen LogP contribution in [-0.4, -0.2) is 26.6 Å². The van der Waals surface area contributed by atoms with Gasteiger partial charge >= 0.3 is 0 Å². The molecular formula is C57H42N6. The van der Waals surface area contributed by atoms with Gasteiger partial charge in [0.25, 0.3) is 0 Å². The van der Waals surface area contributed by atoms with Gasteiger partial charge in [-0.1, -0.05) is 196 Å². The first-order chi connectivity index (χ1) is 30.9. The predicted molar refractivity (Wildman–Crippen MR) is 256 cm³/mol. The summed E-state index contributed by atoms with van der Waals surface area (Å²) in [6.07, 6.45) is -0.262. The quantitative estimate of drug-likeness (QED) is 0.166. The van der Waals surface area contributed by atoms with Crippen LogP contribution < -0.4 is 5.32 Å². The molecule has 0 fully saturated rings. The number of benzene rings is 8. The number of aliphatic imine (C=N–C) groups is 2. The first kappa shape index (κ1) is 37.9. The van der Waals surface area contributed by atoms with Gasteiger partial charge in [0, 0.05) is 33.2 Å². The summed E-state index contributed by atoms with van der Waals surface area (Å²) in [5.74, 6) is 3.43. The van der Waals surface area contributed by atoms with Crippen molar-refractivity contribution in [1.29, 1.82) is 0 Å². The van der Waals surface area contributed by atoms with Crippen LogP contribution in [0.4, 0.5) is 0 Å². The molecule has 9 aromatic rings. The zero-order valence-electron chi connectivity index (χ0n) is 34.9. The third kappa shape index (κ3) is 7.21. The summed E-state index contributed by atoms with van der Waals surface area (Å²) >= 11 is 0. The number of nitrogens with one attached hydrogen (secondary N) is 1. The summed E-state index contributed by atoms with van der Waals surface area (Å²) in [5.41, 5.74) is 15.4. The van der Waals surface area contributed by atoms with Gasteiger partial charge in [-0.3, -0.25) is 0 Å². The Morgan fingerprint density at radius 1 is 0.381 bits per heavy atom. The van der Waals surface area contributed by atoms with Gasteiger partial charge in [0.2, 0.25) is 0 Å². The van der Waals surface area contributed by atoms with Crippen LogP contribution in [0.3, 0.4) is 0 Å². The highest BCUT2D eigenvalue weighted by Crippen LogP contribution is 2.50. The minimum atomic E-state index is -0.262. The van der Waals surface area contributed by atoms with Crippen LogP contribution in [0.25, 0.3) is 67.5 Å². The number of hydrogen-bond donors (Lipinski definition) is 1. The molecule has 1 aromatic heterocycles. The minimum absolute atomic E-state index is 0.156. The third-order valence-electron chi connectivity index (χ3n) is 12.2. The molecule has 300 valence electrons. The Hall–Kier alpha value is -8.09. The monoisotopic (exact) mass is 810 g/mol. The molecule has 0 spiro atoms. The van der Waals surface area contributed by atoms with Crippen molar-refractivity contribution in [2.45, 2.75) is 25.4 Å². The van der Waals surface area contributed by atoms with Crippen LogP contribution in [0.15, 0.2) is 216 Å². The lowest BCUT2D eigenvalue weighted by Gasteiger charge is -2.23. The number of rotatable bonds is 8. The molecule has 8 aromatic carbocycles. The molecule has 2 aliphatic rings. The Labute approximate surface area is 367 Å². The molecule has 0 saturated carbocycles. The zero-order valence-corrected chi connectivity index (χ0v) is 34.9. The second-order valence-electron chi connectivity index (χ2n) is 16.6. The van der Waals surface area contributed by atoms with E-state index in [9.17, 15) is 0 Å². The van der Waals surface area contributed by atoms with Gasteiger partial charge in [0.05, 0.1) is 0 Å². The van der Waals surface area contributed by atoms with Crippen molar-refractivity contribution in [2.24, 2.45) is 9.98 Å². The first-order valence-corrected chi connectivity index (χ1v) is 21.4. The van der Waals surface area contributed by atoms with Gasteiger partial charge in [-0.15, -0.1) is 0 Å². The maximum Gasteiger partial charge on any atom is 0.164 e. The van der Waals surface area contributed by atoms with Gasteiger partial charge in [0.15, 0.2) is 23.3 Å². The van der Waals surface area contributed by atoms with Gasteiger partial charge < -0.3 is 5.32 Å². The lowest BCUT2D eigenvalue weighted by atomic mass is 9.82. The number of aromatic nitrogens is 3. The molecule has 1 N–H and O–H groups in total. The SMILES string of the molecule is CC1(C)c2ccc(-c3cccc(C4=NC(c5ccccc5)NC(c5ccccc5)=N4)c3)cc2-c2cc(-c3cccc(-c4nc(-c5ccccc5)nc(-c5ccccc5)n4)c3)ccc21. The average Bonchev–Trinajstić information content (AvgIpc) is 3.59. The topological polar surface area (TPSA) is 75.4 Å². The maximum absolute atomic E-state index is 5.15. The number of nitrogens with zero attached hydrogens (tertiary/aromatic N) is 5. The fourth-order valence-corrected chi connectivity index (χ4v) is 8.87. The second kappa shape index (κ2) is 15.7. The highest BCUT2D eigenvalue weighted by atomic mass is 15.2. The highest BCUT2D eigenvalue weighted by molar-refractivity contribution is 6.13. The molecule has 6 nitrogen and oxygen atoms in total.